The van der Waals surface area contributed by atoms with Gasteiger partial charge in [-0.3, -0.25) is 4.79 Å². The SMILES string of the molecule is COc1ccc(CO[C@@H](C[C@@H](O)CC(=O)C(C)C)C(C)C)cc1. The van der Waals surface area contributed by atoms with Crippen LogP contribution in [0.2, 0.25) is 0 Å². The Morgan fingerprint density at radius 2 is 1.74 bits per heavy atom. The quantitative estimate of drug-likeness (QED) is 0.715. The van der Waals surface area contributed by atoms with Crippen LogP contribution in [0.25, 0.3) is 0 Å². The molecule has 0 amide bonds. The van der Waals surface area contributed by atoms with Gasteiger partial charge in [-0.15, -0.1) is 0 Å². The number of ketones is 1. The molecular formula is C19H30O4. The van der Waals surface area contributed by atoms with Gasteiger partial charge in [0.05, 0.1) is 25.9 Å². The molecule has 1 aromatic rings. The molecule has 0 saturated carbocycles. The van der Waals surface area contributed by atoms with Gasteiger partial charge in [0.15, 0.2) is 0 Å². The van der Waals surface area contributed by atoms with Crippen LogP contribution >= 0.6 is 0 Å². The van der Waals surface area contributed by atoms with E-state index in [1.165, 1.54) is 0 Å². The lowest BCUT2D eigenvalue weighted by molar-refractivity contribution is -0.124. The van der Waals surface area contributed by atoms with E-state index in [4.69, 9.17) is 9.47 Å². The average Bonchev–Trinajstić information content (AvgIpc) is 2.51. The van der Waals surface area contributed by atoms with Gasteiger partial charge in [0, 0.05) is 18.8 Å². The number of rotatable bonds is 10. The Kier molecular flexibility index (Phi) is 8.28. The zero-order valence-corrected chi connectivity index (χ0v) is 14.9. The van der Waals surface area contributed by atoms with Crippen molar-refractivity contribution < 1.29 is 19.4 Å². The zero-order chi connectivity index (χ0) is 17.4. The molecule has 0 heterocycles. The maximum Gasteiger partial charge on any atom is 0.137 e. The molecule has 0 aliphatic heterocycles. The molecule has 1 N–H and O–H groups in total. The molecule has 0 unspecified atom stereocenters. The third-order valence-corrected chi connectivity index (χ3v) is 3.95. The molecule has 1 rings (SSSR count). The first-order chi connectivity index (χ1) is 10.8. The molecule has 0 spiro atoms. The molecule has 23 heavy (non-hydrogen) atoms. The summed E-state index contributed by atoms with van der Waals surface area (Å²) >= 11 is 0. The van der Waals surface area contributed by atoms with E-state index in [-0.39, 0.29) is 30.1 Å². The molecule has 0 saturated heterocycles. The third kappa shape index (κ3) is 7.14. The van der Waals surface area contributed by atoms with Crippen LogP contribution in [0.1, 0.15) is 46.1 Å². The van der Waals surface area contributed by atoms with Gasteiger partial charge in [-0.2, -0.15) is 0 Å². The Balaban J connectivity index is 2.52. The maximum atomic E-state index is 11.7. The summed E-state index contributed by atoms with van der Waals surface area (Å²) in [6.45, 7) is 8.33. The first-order valence-corrected chi connectivity index (χ1v) is 8.28. The smallest absolute Gasteiger partial charge is 0.137 e. The van der Waals surface area contributed by atoms with Gasteiger partial charge in [0.2, 0.25) is 0 Å². The summed E-state index contributed by atoms with van der Waals surface area (Å²) in [5.74, 6) is 1.14. The monoisotopic (exact) mass is 322 g/mol. The molecule has 130 valence electrons. The van der Waals surface area contributed by atoms with E-state index in [2.05, 4.69) is 13.8 Å². The van der Waals surface area contributed by atoms with Crippen LogP contribution in [0.15, 0.2) is 24.3 Å². The Morgan fingerprint density at radius 3 is 2.22 bits per heavy atom. The molecule has 0 aromatic heterocycles. The van der Waals surface area contributed by atoms with Gasteiger partial charge in [0.25, 0.3) is 0 Å². The van der Waals surface area contributed by atoms with Crippen molar-refractivity contribution in [2.45, 2.75) is 59.4 Å². The van der Waals surface area contributed by atoms with E-state index in [0.717, 1.165) is 11.3 Å². The number of methoxy groups -OCH3 is 1. The van der Waals surface area contributed by atoms with Crippen LogP contribution in [0.4, 0.5) is 0 Å². The van der Waals surface area contributed by atoms with E-state index in [9.17, 15) is 9.90 Å². The fourth-order valence-corrected chi connectivity index (χ4v) is 2.28. The minimum absolute atomic E-state index is 0.0395. The Hall–Kier alpha value is -1.39. The predicted molar refractivity (Wildman–Crippen MR) is 91.5 cm³/mol. The minimum atomic E-state index is -0.645. The highest BCUT2D eigenvalue weighted by Crippen LogP contribution is 2.19. The lowest BCUT2D eigenvalue weighted by Crippen LogP contribution is -2.28. The van der Waals surface area contributed by atoms with Gasteiger partial charge >= 0.3 is 0 Å². The molecule has 0 aliphatic carbocycles. The topological polar surface area (TPSA) is 55.8 Å². The number of hydrogen-bond donors (Lipinski definition) is 1. The van der Waals surface area contributed by atoms with E-state index >= 15 is 0 Å². The summed E-state index contributed by atoms with van der Waals surface area (Å²) in [5.41, 5.74) is 1.06. The molecular weight excluding hydrogens is 292 g/mol. The average molecular weight is 322 g/mol. The van der Waals surface area contributed by atoms with Crippen LogP contribution < -0.4 is 4.74 Å². The highest BCUT2D eigenvalue weighted by Gasteiger charge is 2.21. The lowest BCUT2D eigenvalue weighted by atomic mass is 9.95. The second kappa shape index (κ2) is 9.68. The van der Waals surface area contributed by atoms with E-state index in [1.807, 2.05) is 38.1 Å². The van der Waals surface area contributed by atoms with E-state index in [1.54, 1.807) is 7.11 Å². The van der Waals surface area contributed by atoms with Crippen molar-refractivity contribution in [1.82, 2.24) is 0 Å². The second-order valence-electron chi connectivity index (χ2n) is 6.66. The Morgan fingerprint density at radius 1 is 1.13 bits per heavy atom. The van der Waals surface area contributed by atoms with Crippen molar-refractivity contribution in [3.8, 4) is 5.75 Å². The van der Waals surface area contributed by atoms with Crippen LogP contribution in [-0.4, -0.2) is 30.2 Å². The summed E-state index contributed by atoms with van der Waals surface area (Å²) in [5, 5.41) is 10.1. The number of hydrogen-bond acceptors (Lipinski definition) is 4. The number of Topliss-reactive ketones (excluding diaryl/α,β-unsaturated/α-hetero) is 1. The summed E-state index contributed by atoms with van der Waals surface area (Å²) in [4.78, 5) is 11.7. The molecule has 0 bridgehead atoms. The van der Waals surface area contributed by atoms with Gasteiger partial charge < -0.3 is 14.6 Å². The standard InChI is InChI=1S/C19H30O4/c1-13(2)18(21)10-16(20)11-19(14(3)4)23-12-15-6-8-17(22-5)9-7-15/h6-9,13-14,16,19-20H,10-12H2,1-5H3/t16-,19-/m0/s1. The van der Waals surface area contributed by atoms with Crippen molar-refractivity contribution >= 4 is 5.78 Å². The molecule has 4 nitrogen and oxygen atoms in total. The number of carbonyl (C=O) groups is 1. The van der Waals surface area contributed by atoms with Gasteiger partial charge in [-0.25, -0.2) is 0 Å². The second-order valence-corrected chi connectivity index (χ2v) is 6.66. The Bertz CT molecular complexity index is 465. The van der Waals surface area contributed by atoms with Crippen molar-refractivity contribution in [2.24, 2.45) is 11.8 Å². The van der Waals surface area contributed by atoms with E-state index in [0.29, 0.717) is 13.0 Å². The number of ether oxygens (including phenoxy) is 2. The van der Waals surface area contributed by atoms with Crippen molar-refractivity contribution in [2.75, 3.05) is 7.11 Å². The molecule has 4 heteroatoms. The summed E-state index contributed by atoms with van der Waals surface area (Å²) in [6.07, 6.45) is -0.0424. The molecule has 0 aliphatic rings. The number of aliphatic hydroxyl groups is 1. The van der Waals surface area contributed by atoms with Gasteiger partial charge in [-0.05, 0) is 23.6 Å². The summed E-state index contributed by atoms with van der Waals surface area (Å²) in [7, 11) is 1.64. The van der Waals surface area contributed by atoms with Crippen LogP contribution in [-0.2, 0) is 16.1 Å². The first kappa shape index (κ1) is 19.7. The first-order valence-electron chi connectivity index (χ1n) is 8.28. The summed E-state index contributed by atoms with van der Waals surface area (Å²) < 4.78 is 11.1. The highest BCUT2D eigenvalue weighted by molar-refractivity contribution is 5.80. The highest BCUT2D eigenvalue weighted by atomic mass is 16.5. The van der Waals surface area contributed by atoms with Crippen LogP contribution in [0.5, 0.6) is 5.75 Å². The molecule has 1 aromatic carbocycles. The van der Waals surface area contributed by atoms with Crippen molar-refractivity contribution in [1.29, 1.82) is 0 Å². The van der Waals surface area contributed by atoms with Crippen LogP contribution in [0.3, 0.4) is 0 Å². The minimum Gasteiger partial charge on any atom is -0.497 e. The van der Waals surface area contributed by atoms with Gasteiger partial charge in [0.1, 0.15) is 11.5 Å². The van der Waals surface area contributed by atoms with E-state index < -0.39 is 6.10 Å². The largest absolute Gasteiger partial charge is 0.497 e. The molecule has 0 radical (unpaired) electrons. The zero-order valence-electron chi connectivity index (χ0n) is 14.9. The predicted octanol–water partition coefficient (Wildman–Crippen LogP) is 3.60. The van der Waals surface area contributed by atoms with Crippen molar-refractivity contribution in [3.63, 3.8) is 0 Å². The van der Waals surface area contributed by atoms with Crippen molar-refractivity contribution in [3.05, 3.63) is 29.8 Å². The van der Waals surface area contributed by atoms with Crippen LogP contribution in [0, 0.1) is 11.8 Å². The third-order valence-electron chi connectivity index (χ3n) is 3.95. The fraction of sp³-hybridized carbons (Fsp3) is 0.632. The summed E-state index contributed by atoms with van der Waals surface area (Å²) in [6, 6.07) is 7.74. The molecule has 2 atom stereocenters. The normalized spacial score (nSPS) is 14.1. The maximum absolute atomic E-state index is 11.7. The number of carbonyl (C=O) groups excluding carboxylic acids is 1. The fourth-order valence-electron chi connectivity index (χ4n) is 2.28. The molecule has 0 fully saturated rings. The Labute approximate surface area is 139 Å². The lowest BCUT2D eigenvalue weighted by Gasteiger charge is -2.24. The number of aliphatic hydroxyl groups excluding tert-OH is 1. The van der Waals surface area contributed by atoms with Gasteiger partial charge in [-0.1, -0.05) is 39.8 Å². The number of benzene rings is 1.